The number of nitrogens with two attached hydrogens (primary N) is 2. The second-order valence-corrected chi connectivity index (χ2v) is 1.78. The first-order valence-corrected chi connectivity index (χ1v) is 2.68. The van der Waals surface area contributed by atoms with E-state index in [1.165, 1.54) is 0 Å². The van der Waals surface area contributed by atoms with Crippen LogP contribution in [0.25, 0.3) is 0 Å². The number of allylic oxidation sites excluding steroid dienone is 4. The van der Waals surface area contributed by atoms with Gasteiger partial charge in [-0.2, -0.15) is 0 Å². The summed E-state index contributed by atoms with van der Waals surface area (Å²) in [6, 6.07) is 0. The Bertz CT molecular complexity index is 150. The van der Waals surface area contributed by atoms with Gasteiger partial charge in [0.2, 0.25) is 0 Å². The quantitative estimate of drug-likeness (QED) is 0.537. The molecule has 0 aromatic heterocycles. The van der Waals surface area contributed by atoms with Crippen molar-refractivity contribution in [1.29, 1.82) is 0 Å². The maximum absolute atomic E-state index is 5.36. The predicted octanol–water partition coefficient (Wildman–Crippen LogP) is 0.878. The van der Waals surface area contributed by atoms with Crippen molar-refractivity contribution >= 4 is 0 Å². The fraction of sp³-hybridized carbons (Fsp3) is 0.143. The van der Waals surface area contributed by atoms with E-state index in [0.29, 0.717) is 5.70 Å². The Morgan fingerprint density at radius 3 is 2.22 bits per heavy atom. The van der Waals surface area contributed by atoms with E-state index < -0.39 is 0 Å². The van der Waals surface area contributed by atoms with E-state index in [9.17, 15) is 0 Å². The van der Waals surface area contributed by atoms with Crippen LogP contribution in [0.2, 0.25) is 0 Å². The molecule has 0 amide bonds. The first-order chi connectivity index (χ1) is 4.16. The second kappa shape index (κ2) is 3.78. The fourth-order valence-corrected chi connectivity index (χ4v) is 0.296. The summed E-state index contributed by atoms with van der Waals surface area (Å²) in [5.41, 5.74) is 12.0. The van der Waals surface area contributed by atoms with Crippen LogP contribution in [0.3, 0.4) is 0 Å². The molecule has 0 rings (SSSR count). The number of rotatable bonds is 2. The fourth-order valence-electron chi connectivity index (χ4n) is 0.296. The molecule has 0 aromatic rings. The molecule has 0 aromatic carbocycles. The highest BCUT2D eigenvalue weighted by atomic mass is 14.6. The Morgan fingerprint density at radius 1 is 1.33 bits per heavy atom. The Morgan fingerprint density at radius 2 is 1.89 bits per heavy atom. The molecule has 2 nitrogen and oxygen atoms in total. The van der Waals surface area contributed by atoms with Gasteiger partial charge in [0.25, 0.3) is 0 Å². The zero-order valence-corrected chi connectivity index (χ0v) is 5.59. The normalized spacial score (nSPS) is 13.4. The molecule has 0 bridgehead atoms. The Balaban J connectivity index is 3.98. The van der Waals surface area contributed by atoms with Gasteiger partial charge in [-0.05, 0) is 25.2 Å². The molecule has 0 fully saturated rings. The molecular formula is C7H12N2. The van der Waals surface area contributed by atoms with E-state index in [2.05, 4.69) is 6.58 Å². The minimum Gasteiger partial charge on any atom is -0.402 e. The molecule has 0 aliphatic heterocycles. The summed E-state index contributed by atoms with van der Waals surface area (Å²) in [6.45, 7) is 5.27. The van der Waals surface area contributed by atoms with Crippen LogP contribution in [0.15, 0.2) is 36.2 Å². The van der Waals surface area contributed by atoms with Crippen molar-refractivity contribution in [3.05, 3.63) is 36.2 Å². The average molecular weight is 124 g/mol. The Kier molecular flexibility index (Phi) is 3.28. The SMILES string of the molecule is C=C/C(N)=C/C=C(/C)N. The molecule has 0 radical (unpaired) electrons. The highest BCUT2D eigenvalue weighted by molar-refractivity contribution is 5.20. The molecule has 0 unspecified atom stereocenters. The van der Waals surface area contributed by atoms with Gasteiger partial charge in [0.1, 0.15) is 0 Å². The molecule has 2 heteroatoms. The highest BCUT2D eigenvalue weighted by Crippen LogP contribution is 1.87. The second-order valence-electron chi connectivity index (χ2n) is 1.78. The summed E-state index contributed by atoms with van der Waals surface area (Å²) in [5, 5.41) is 0. The zero-order chi connectivity index (χ0) is 7.28. The van der Waals surface area contributed by atoms with E-state index in [-0.39, 0.29) is 0 Å². The summed E-state index contributed by atoms with van der Waals surface area (Å²) < 4.78 is 0. The first kappa shape index (κ1) is 7.82. The third-order valence-electron chi connectivity index (χ3n) is 0.774. The van der Waals surface area contributed by atoms with Gasteiger partial charge in [-0.25, -0.2) is 0 Å². The van der Waals surface area contributed by atoms with Crippen molar-refractivity contribution in [2.45, 2.75) is 6.92 Å². The number of hydrogen-bond acceptors (Lipinski definition) is 2. The molecule has 0 aliphatic rings. The summed E-state index contributed by atoms with van der Waals surface area (Å²) in [5.74, 6) is 0. The van der Waals surface area contributed by atoms with E-state index in [0.717, 1.165) is 5.70 Å². The van der Waals surface area contributed by atoms with Crippen molar-refractivity contribution in [1.82, 2.24) is 0 Å². The van der Waals surface area contributed by atoms with Crippen molar-refractivity contribution < 1.29 is 0 Å². The van der Waals surface area contributed by atoms with Crippen molar-refractivity contribution in [3.63, 3.8) is 0 Å². The molecule has 0 atom stereocenters. The van der Waals surface area contributed by atoms with Crippen LogP contribution in [-0.2, 0) is 0 Å². The standard InChI is InChI=1S/C7H12N2/c1-3-7(9)5-4-6(2)8/h3-5H,1,8-9H2,2H3/b6-4-,7-5-. The molecule has 4 N–H and O–H groups in total. The van der Waals surface area contributed by atoms with Gasteiger partial charge in [-0.3, -0.25) is 0 Å². The largest absolute Gasteiger partial charge is 0.402 e. The van der Waals surface area contributed by atoms with Crippen LogP contribution in [0.5, 0.6) is 0 Å². The lowest BCUT2D eigenvalue weighted by Crippen LogP contribution is -1.93. The molecule has 50 valence electrons. The van der Waals surface area contributed by atoms with Crippen molar-refractivity contribution in [2.24, 2.45) is 11.5 Å². The minimum absolute atomic E-state index is 0.625. The van der Waals surface area contributed by atoms with Crippen LogP contribution in [0.1, 0.15) is 6.92 Å². The maximum atomic E-state index is 5.36. The molecule has 0 saturated carbocycles. The molecule has 9 heavy (non-hydrogen) atoms. The van der Waals surface area contributed by atoms with Crippen LogP contribution in [-0.4, -0.2) is 0 Å². The third-order valence-corrected chi connectivity index (χ3v) is 0.774. The van der Waals surface area contributed by atoms with Gasteiger partial charge >= 0.3 is 0 Å². The van der Waals surface area contributed by atoms with Crippen LogP contribution in [0, 0.1) is 0 Å². The van der Waals surface area contributed by atoms with E-state index in [4.69, 9.17) is 11.5 Å². The topological polar surface area (TPSA) is 52.0 Å². The molecule has 0 aliphatic carbocycles. The maximum Gasteiger partial charge on any atom is 0.0308 e. The van der Waals surface area contributed by atoms with Gasteiger partial charge < -0.3 is 11.5 Å². The van der Waals surface area contributed by atoms with Crippen molar-refractivity contribution in [2.75, 3.05) is 0 Å². The van der Waals surface area contributed by atoms with Crippen LogP contribution in [0.4, 0.5) is 0 Å². The van der Waals surface area contributed by atoms with Crippen LogP contribution >= 0.6 is 0 Å². The van der Waals surface area contributed by atoms with Crippen molar-refractivity contribution in [3.8, 4) is 0 Å². The molecule has 0 saturated heterocycles. The Hall–Kier alpha value is -1.18. The highest BCUT2D eigenvalue weighted by Gasteiger charge is 1.75. The number of hydrogen-bond donors (Lipinski definition) is 2. The van der Waals surface area contributed by atoms with Gasteiger partial charge in [-0.1, -0.05) is 6.58 Å². The average Bonchev–Trinajstić information content (AvgIpc) is 1.83. The van der Waals surface area contributed by atoms with Gasteiger partial charge in [-0.15, -0.1) is 0 Å². The predicted molar refractivity (Wildman–Crippen MR) is 40.4 cm³/mol. The summed E-state index contributed by atoms with van der Waals surface area (Å²) in [6.07, 6.45) is 5.01. The van der Waals surface area contributed by atoms with E-state index in [1.54, 1.807) is 25.2 Å². The summed E-state index contributed by atoms with van der Waals surface area (Å²) in [4.78, 5) is 0. The molecule has 0 spiro atoms. The first-order valence-electron chi connectivity index (χ1n) is 2.68. The molecule has 0 heterocycles. The summed E-state index contributed by atoms with van der Waals surface area (Å²) >= 11 is 0. The lowest BCUT2D eigenvalue weighted by atomic mass is 10.3. The Labute approximate surface area is 55.5 Å². The lowest BCUT2D eigenvalue weighted by molar-refractivity contribution is 1.31. The van der Waals surface area contributed by atoms with Gasteiger partial charge in [0.15, 0.2) is 0 Å². The summed E-state index contributed by atoms with van der Waals surface area (Å²) in [7, 11) is 0. The van der Waals surface area contributed by atoms with Gasteiger partial charge in [0.05, 0.1) is 0 Å². The van der Waals surface area contributed by atoms with Crippen LogP contribution < -0.4 is 11.5 Å². The third kappa shape index (κ3) is 4.68. The minimum atomic E-state index is 0.625. The van der Waals surface area contributed by atoms with Gasteiger partial charge in [0, 0.05) is 11.4 Å². The smallest absolute Gasteiger partial charge is 0.0308 e. The molecular weight excluding hydrogens is 112 g/mol. The lowest BCUT2D eigenvalue weighted by Gasteiger charge is -1.87. The van der Waals surface area contributed by atoms with E-state index >= 15 is 0 Å². The monoisotopic (exact) mass is 124 g/mol. The zero-order valence-electron chi connectivity index (χ0n) is 5.59. The van der Waals surface area contributed by atoms with E-state index in [1.807, 2.05) is 0 Å².